The summed E-state index contributed by atoms with van der Waals surface area (Å²) in [5.74, 6) is 3.42. The monoisotopic (exact) mass is 334 g/mol. The Morgan fingerprint density at radius 3 is 2.38 bits per heavy atom. The molecule has 0 radical (unpaired) electrons. The van der Waals surface area contributed by atoms with Gasteiger partial charge in [-0.2, -0.15) is 0 Å². The average Bonchev–Trinajstić information content (AvgIpc) is 2.56. The minimum atomic E-state index is -0.122. The van der Waals surface area contributed by atoms with Crippen molar-refractivity contribution < 1.29 is 9.47 Å². The van der Waals surface area contributed by atoms with Gasteiger partial charge in [-0.15, -0.1) is 0 Å². The van der Waals surface area contributed by atoms with Gasteiger partial charge in [-0.25, -0.2) is 0 Å². The van der Waals surface area contributed by atoms with Gasteiger partial charge in [0.25, 0.3) is 0 Å². The zero-order chi connectivity index (χ0) is 17.4. The Bertz CT molecular complexity index is 416. The van der Waals surface area contributed by atoms with Gasteiger partial charge in [0.2, 0.25) is 0 Å². The van der Waals surface area contributed by atoms with Crippen LogP contribution < -0.4 is 0 Å². The van der Waals surface area contributed by atoms with Crippen LogP contribution in [0.3, 0.4) is 0 Å². The quantitative estimate of drug-likeness (QED) is 0.441. The van der Waals surface area contributed by atoms with E-state index in [1.165, 1.54) is 44.9 Å². The molecule has 0 amide bonds. The highest BCUT2D eigenvalue weighted by Gasteiger charge is 2.17. The van der Waals surface area contributed by atoms with Crippen LogP contribution in [-0.2, 0) is 9.47 Å². The first kappa shape index (κ1) is 19.6. The molecule has 0 N–H and O–H groups in total. The second-order valence-corrected chi connectivity index (χ2v) is 8.25. The number of rotatable bonds is 9. The standard InChI is InChI=1S/C22H38O2/c1-17(2)16-18(3)21-10-12-22(13-11-21)24-19(4)23-15-14-20-8-6-5-7-9-20/h10,12,17-20H,5-9,11,13-16H2,1-4H3. The Labute approximate surface area is 149 Å². The van der Waals surface area contributed by atoms with Crippen molar-refractivity contribution in [1.82, 2.24) is 0 Å². The molecule has 0 aromatic heterocycles. The van der Waals surface area contributed by atoms with Gasteiger partial charge in [0, 0.05) is 6.42 Å². The van der Waals surface area contributed by atoms with Crippen LogP contribution in [0, 0.1) is 17.8 Å². The van der Waals surface area contributed by atoms with Crippen LogP contribution in [0.5, 0.6) is 0 Å². The lowest BCUT2D eigenvalue weighted by Gasteiger charge is -2.25. The average molecular weight is 335 g/mol. The predicted molar refractivity (Wildman–Crippen MR) is 102 cm³/mol. The van der Waals surface area contributed by atoms with Crippen molar-refractivity contribution in [3.05, 3.63) is 23.5 Å². The summed E-state index contributed by atoms with van der Waals surface area (Å²) in [6, 6.07) is 0. The summed E-state index contributed by atoms with van der Waals surface area (Å²) in [6.45, 7) is 9.82. The topological polar surface area (TPSA) is 18.5 Å². The van der Waals surface area contributed by atoms with Crippen LogP contribution in [-0.4, -0.2) is 12.9 Å². The van der Waals surface area contributed by atoms with E-state index in [1.54, 1.807) is 5.57 Å². The highest BCUT2D eigenvalue weighted by Crippen LogP contribution is 2.29. The maximum Gasteiger partial charge on any atom is 0.196 e. The van der Waals surface area contributed by atoms with Crippen LogP contribution in [0.25, 0.3) is 0 Å². The van der Waals surface area contributed by atoms with Gasteiger partial charge in [-0.3, -0.25) is 0 Å². The van der Waals surface area contributed by atoms with Gasteiger partial charge in [-0.05, 0) is 50.0 Å². The van der Waals surface area contributed by atoms with E-state index in [-0.39, 0.29) is 6.29 Å². The zero-order valence-corrected chi connectivity index (χ0v) is 16.4. The summed E-state index contributed by atoms with van der Waals surface area (Å²) < 4.78 is 11.9. The molecule has 0 spiro atoms. The molecule has 1 fully saturated rings. The zero-order valence-electron chi connectivity index (χ0n) is 16.4. The van der Waals surface area contributed by atoms with Gasteiger partial charge in [-0.1, -0.05) is 64.5 Å². The maximum atomic E-state index is 5.98. The second-order valence-electron chi connectivity index (χ2n) is 8.25. The molecule has 2 unspecified atom stereocenters. The normalized spacial score (nSPS) is 22.0. The Balaban J connectivity index is 1.67. The lowest BCUT2D eigenvalue weighted by Crippen LogP contribution is -2.17. The van der Waals surface area contributed by atoms with Gasteiger partial charge < -0.3 is 9.47 Å². The molecule has 0 bridgehead atoms. The summed E-state index contributed by atoms with van der Waals surface area (Å²) in [5, 5.41) is 0. The number of allylic oxidation sites excluding steroid dienone is 4. The second kappa shape index (κ2) is 10.3. The van der Waals surface area contributed by atoms with Crippen molar-refractivity contribution in [2.75, 3.05) is 6.61 Å². The van der Waals surface area contributed by atoms with Crippen LogP contribution >= 0.6 is 0 Å². The van der Waals surface area contributed by atoms with Gasteiger partial charge >= 0.3 is 0 Å². The minimum absolute atomic E-state index is 0.122. The van der Waals surface area contributed by atoms with E-state index in [2.05, 4.69) is 32.9 Å². The fourth-order valence-corrected chi connectivity index (χ4v) is 4.13. The summed E-state index contributed by atoms with van der Waals surface area (Å²) in [5.41, 5.74) is 1.57. The van der Waals surface area contributed by atoms with Gasteiger partial charge in [0.1, 0.15) is 0 Å². The Kier molecular flexibility index (Phi) is 8.38. The predicted octanol–water partition coefficient (Wildman–Crippen LogP) is 6.62. The third-order valence-electron chi connectivity index (χ3n) is 5.52. The molecule has 2 nitrogen and oxygen atoms in total. The number of hydrogen-bond acceptors (Lipinski definition) is 2. The van der Waals surface area contributed by atoms with E-state index >= 15 is 0 Å². The molecule has 0 aromatic rings. The SMILES string of the molecule is CC(C)CC(C)C1=CC=C(OC(C)OCCC2CCCCC2)CC1. The molecule has 1 saturated carbocycles. The molecule has 2 aliphatic carbocycles. The largest absolute Gasteiger partial charge is 0.470 e. The van der Waals surface area contributed by atoms with Gasteiger partial charge in [0.15, 0.2) is 6.29 Å². The molecule has 0 aliphatic heterocycles. The Morgan fingerprint density at radius 1 is 1.00 bits per heavy atom. The molecule has 0 saturated heterocycles. The number of hydrogen-bond donors (Lipinski definition) is 0. The summed E-state index contributed by atoms with van der Waals surface area (Å²) in [4.78, 5) is 0. The molecule has 0 heterocycles. The summed E-state index contributed by atoms with van der Waals surface area (Å²) >= 11 is 0. The molecule has 2 rings (SSSR count). The van der Waals surface area contributed by atoms with Gasteiger partial charge in [0.05, 0.1) is 12.4 Å². The van der Waals surface area contributed by atoms with E-state index in [9.17, 15) is 0 Å². The van der Waals surface area contributed by atoms with E-state index < -0.39 is 0 Å². The molecule has 2 atom stereocenters. The van der Waals surface area contributed by atoms with E-state index in [0.29, 0.717) is 5.92 Å². The minimum Gasteiger partial charge on any atom is -0.470 e. The molecule has 24 heavy (non-hydrogen) atoms. The third kappa shape index (κ3) is 7.01. The van der Waals surface area contributed by atoms with Crippen molar-refractivity contribution >= 4 is 0 Å². The van der Waals surface area contributed by atoms with Crippen molar-refractivity contribution in [2.45, 2.75) is 91.8 Å². The lowest BCUT2D eigenvalue weighted by atomic mass is 9.87. The first-order valence-corrected chi connectivity index (χ1v) is 10.2. The van der Waals surface area contributed by atoms with Crippen molar-refractivity contribution in [1.29, 1.82) is 0 Å². The first-order chi connectivity index (χ1) is 11.5. The third-order valence-corrected chi connectivity index (χ3v) is 5.52. The number of ether oxygens (including phenoxy) is 2. The maximum absolute atomic E-state index is 5.98. The Hall–Kier alpha value is -0.760. The molecule has 138 valence electrons. The molecule has 2 aliphatic rings. The molecular weight excluding hydrogens is 296 g/mol. The van der Waals surface area contributed by atoms with E-state index in [4.69, 9.17) is 9.47 Å². The summed E-state index contributed by atoms with van der Waals surface area (Å²) in [7, 11) is 0. The molecular formula is C22H38O2. The smallest absolute Gasteiger partial charge is 0.196 e. The molecule has 0 aromatic carbocycles. The fourth-order valence-electron chi connectivity index (χ4n) is 4.13. The van der Waals surface area contributed by atoms with Crippen LogP contribution in [0.15, 0.2) is 23.5 Å². The van der Waals surface area contributed by atoms with Crippen LogP contribution in [0.4, 0.5) is 0 Å². The van der Waals surface area contributed by atoms with Crippen molar-refractivity contribution in [3.8, 4) is 0 Å². The van der Waals surface area contributed by atoms with E-state index in [1.807, 2.05) is 6.92 Å². The lowest BCUT2D eigenvalue weighted by molar-refractivity contribution is -0.109. The highest BCUT2D eigenvalue weighted by molar-refractivity contribution is 5.22. The first-order valence-electron chi connectivity index (χ1n) is 10.2. The Morgan fingerprint density at radius 2 is 1.75 bits per heavy atom. The van der Waals surface area contributed by atoms with Crippen molar-refractivity contribution in [2.24, 2.45) is 17.8 Å². The van der Waals surface area contributed by atoms with Crippen molar-refractivity contribution in [3.63, 3.8) is 0 Å². The highest BCUT2D eigenvalue weighted by atomic mass is 16.7. The molecule has 2 heteroatoms. The summed E-state index contributed by atoms with van der Waals surface area (Å²) in [6.07, 6.45) is 16.0. The van der Waals surface area contributed by atoms with E-state index in [0.717, 1.165) is 37.0 Å². The fraction of sp³-hybridized carbons (Fsp3) is 0.818. The van der Waals surface area contributed by atoms with Crippen LogP contribution in [0.1, 0.15) is 85.5 Å². The van der Waals surface area contributed by atoms with Crippen LogP contribution in [0.2, 0.25) is 0 Å².